The van der Waals surface area contributed by atoms with Gasteiger partial charge in [-0.15, -0.1) is 24.2 Å². The fourth-order valence-corrected chi connectivity index (χ4v) is 2.74. The molecule has 2 fully saturated rings. The summed E-state index contributed by atoms with van der Waals surface area (Å²) in [6.07, 6.45) is 3.77. The topological polar surface area (TPSA) is 41.1 Å². The predicted octanol–water partition coefficient (Wildman–Crippen LogP) is 1.38. The Kier molecular flexibility index (Phi) is 4.74. The summed E-state index contributed by atoms with van der Waals surface area (Å²) in [6.45, 7) is 3.09. The van der Waals surface area contributed by atoms with Crippen LogP contribution in [0.2, 0.25) is 0 Å². The van der Waals surface area contributed by atoms with E-state index in [1.165, 1.54) is 19.3 Å². The van der Waals surface area contributed by atoms with Gasteiger partial charge in [-0.1, -0.05) is 6.92 Å². The monoisotopic (exact) mass is 250 g/mol. The fourth-order valence-electron chi connectivity index (χ4n) is 1.79. The van der Waals surface area contributed by atoms with Gasteiger partial charge in [0.15, 0.2) is 0 Å². The average Bonchev–Trinajstić information content (AvgIpc) is 2.78. The largest absolute Gasteiger partial charge is 0.354 e. The highest BCUT2D eigenvalue weighted by molar-refractivity contribution is 7.99. The van der Waals surface area contributed by atoms with Gasteiger partial charge in [-0.2, -0.15) is 0 Å². The van der Waals surface area contributed by atoms with Gasteiger partial charge in [0.2, 0.25) is 5.91 Å². The second-order valence-corrected chi connectivity index (χ2v) is 5.37. The van der Waals surface area contributed by atoms with Gasteiger partial charge in [0.05, 0.1) is 6.04 Å². The van der Waals surface area contributed by atoms with E-state index in [1.807, 2.05) is 0 Å². The summed E-state index contributed by atoms with van der Waals surface area (Å²) in [6, 6.07) is 0.0488. The Labute approximate surface area is 102 Å². The molecular formula is C10H19ClN2OS. The van der Waals surface area contributed by atoms with Gasteiger partial charge >= 0.3 is 0 Å². The van der Waals surface area contributed by atoms with Crippen molar-refractivity contribution in [3.8, 4) is 0 Å². The first kappa shape index (κ1) is 13.1. The van der Waals surface area contributed by atoms with Gasteiger partial charge < -0.3 is 5.32 Å². The van der Waals surface area contributed by atoms with Crippen molar-refractivity contribution in [1.29, 1.82) is 0 Å². The molecule has 2 aliphatic rings. The van der Waals surface area contributed by atoms with Crippen LogP contribution in [-0.4, -0.2) is 30.1 Å². The van der Waals surface area contributed by atoms with E-state index in [-0.39, 0.29) is 24.4 Å². The van der Waals surface area contributed by atoms with E-state index in [4.69, 9.17) is 0 Å². The number of halogens is 1. The minimum Gasteiger partial charge on any atom is -0.354 e. The highest BCUT2D eigenvalue weighted by Crippen LogP contribution is 2.47. The number of carbonyl (C=O) groups is 1. The molecule has 1 saturated heterocycles. The van der Waals surface area contributed by atoms with Crippen molar-refractivity contribution >= 4 is 30.1 Å². The van der Waals surface area contributed by atoms with Crippen molar-refractivity contribution in [2.45, 2.75) is 32.2 Å². The first-order valence-corrected chi connectivity index (χ1v) is 6.50. The molecule has 1 aliphatic heterocycles. The molecule has 15 heavy (non-hydrogen) atoms. The number of nitrogens with one attached hydrogen (secondary N) is 2. The molecule has 3 nitrogen and oxygen atoms in total. The third-order valence-electron chi connectivity index (χ3n) is 3.38. The molecule has 1 aliphatic carbocycles. The molecule has 2 N–H and O–H groups in total. The number of carbonyl (C=O) groups excluding carboxylic acids is 1. The highest BCUT2D eigenvalue weighted by atomic mass is 35.5. The fraction of sp³-hybridized carbons (Fsp3) is 0.900. The molecule has 1 heterocycles. The van der Waals surface area contributed by atoms with Crippen molar-refractivity contribution in [2.75, 3.05) is 18.2 Å². The molecule has 2 rings (SSSR count). The van der Waals surface area contributed by atoms with E-state index in [2.05, 4.69) is 17.6 Å². The van der Waals surface area contributed by atoms with Gasteiger partial charge in [-0.25, -0.2) is 0 Å². The lowest BCUT2D eigenvalue weighted by atomic mass is 10.0. The second kappa shape index (κ2) is 5.41. The Morgan fingerprint density at radius 3 is 2.80 bits per heavy atom. The molecule has 0 aromatic rings. The third-order valence-corrected chi connectivity index (χ3v) is 4.32. The first-order chi connectivity index (χ1) is 6.76. The van der Waals surface area contributed by atoms with Crippen LogP contribution in [0.5, 0.6) is 0 Å². The number of rotatable bonds is 4. The van der Waals surface area contributed by atoms with Gasteiger partial charge in [-0.3, -0.25) is 10.1 Å². The molecule has 5 heteroatoms. The summed E-state index contributed by atoms with van der Waals surface area (Å²) < 4.78 is 0. The molecule has 1 unspecified atom stereocenters. The van der Waals surface area contributed by atoms with Crippen molar-refractivity contribution < 1.29 is 4.79 Å². The number of thioether (sulfide) groups is 1. The summed E-state index contributed by atoms with van der Waals surface area (Å²) in [4.78, 5) is 11.6. The maximum atomic E-state index is 11.6. The zero-order chi connectivity index (χ0) is 10.0. The summed E-state index contributed by atoms with van der Waals surface area (Å²) in [7, 11) is 0. The van der Waals surface area contributed by atoms with Crippen LogP contribution in [0.4, 0.5) is 0 Å². The Morgan fingerprint density at radius 1 is 1.60 bits per heavy atom. The van der Waals surface area contributed by atoms with Gasteiger partial charge in [0.1, 0.15) is 0 Å². The quantitative estimate of drug-likeness (QED) is 0.792. The van der Waals surface area contributed by atoms with E-state index in [0.29, 0.717) is 5.41 Å². The first-order valence-electron chi connectivity index (χ1n) is 5.35. The minimum atomic E-state index is 0. The van der Waals surface area contributed by atoms with Crippen LogP contribution in [0.15, 0.2) is 0 Å². The molecular weight excluding hydrogens is 232 g/mol. The van der Waals surface area contributed by atoms with Crippen LogP contribution in [0.25, 0.3) is 0 Å². The summed E-state index contributed by atoms with van der Waals surface area (Å²) in [5, 5.41) is 6.25. The molecule has 88 valence electrons. The average molecular weight is 251 g/mol. The Morgan fingerprint density at radius 2 is 2.33 bits per heavy atom. The maximum absolute atomic E-state index is 11.6. The van der Waals surface area contributed by atoms with E-state index >= 15 is 0 Å². The Hall–Kier alpha value is 0.0700. The van der Waals surface area contributed by atoms with Crippen LogP contribution < -0.4 is 10.6 Å². The van der Waals surface area contributed by atoms with E-state index < -0.39 is 0 Å². The molecule has 0 aromatic heterocycles. The van der Waals surface area contributed by atoms with Crippen molar-refractivity contribution in [2.24, 2.45) is 5.41 Å². The highest BCUT2D eigenvalue weighted by Gasteiger charge is 2.41. The van der Waals surface area contributed by atoms with Crippen molar-refractivity contribution in [1.82, 2.24) is 10.6 Å². The van der Waals surface area contributed by atoms with E-state index in [0.717, 1.165) is 18.2 Å². The van der Waals surface area contributed by atoms with Crippen molar-refractivity contribution in [3.63, 3.8) is 0 Å². The minimum absolute atomic E-state index is 0. The SMILES string of the molecule is CCC1(CNC(=O)C2CSCN2)CC1.Cl. The maximum Gasteiger partial charge on any atom is 0.238 e. The summed E-state index contributed by atoms with van der Waals surface area (Å²) in [5.74, 6) is 2.02. The van der Waals surface area contributed by atoms with Crippen LogP contribution in [0.1, 0.15) is 26.2 Å². The smallest absolute Gasteiger partial charge is 0.238 e. The zero-order valence-electron chi connectivity index (χ0n) is 9.04. The second-order valence-electron chi connectivity index (χ2n) is 4.34. The van der Waals surface area contributed by atoms with Crippen LogP contribution in [-0.2, 0) is 4.79 Å². The number of hydrogen-bond donors (Lipinski definition) is 2. The van der Waals surface area contributed by atoms with E-state index in [9.17, 15) is 4.79 Å². The van der Waals surface area contributed by atoms with Crippen LogP contribution in [0, 0.1) is 5.41 Å². The molecule has 0 aromatic carbocycles. The normalized spacial score (nSPS) is 26.9. The summed E-state index contributed by atoms with van der Waals surface area (Å²) >= 11 is 1.79. The van der Waals surface area contributed by atoms with Crippen LogP contribution in [0.3, 0.4) is 0 Å². The number of hydrogen-bond acceptors (Lipinski definition) is 3. The molecule has 1 amide bonds. The lowest BCUT2D eigenvalue weighted by Crippen LogP contribution is -2.43. The molecule has 0 radical (unpaired) electrons. The van der Waals surface area contributed by atoms with Crippen molar-refractivity contribution in [3.05, 3.63) is 0 Å². The lowest BCUT2D eigenvalue weighted by Gasteiger charge is -2.15. The standard InChI is InChI=1S/C10H18N2OS.ClH/c1-2-10(3-4-10)6-11-9(13)8-5-14-7-12-8;/h8,12H,2-7H2,1H3,(H,11,13);1H. The van der Waals surface area contributed by atoms with Gasteiger partial charge in [0.25, 0.3) is 0 Å². The zero-order valence-corrected chi connectivity index (χ0v) is 10.7. The van der Waals surface area contributed by atoms with E-state index in [1.54, 1.807) is 11.8 Å². The third kappa shape index (κ3) is 3.26. The summed E-state index contributed by atoms with van der Waals surface area (Å²) in [5.41, 5.74) is 0.460. The Bertz CT molecular complexity index is 227. The van der Waals surface area contributed by atoms with Gasteiger partial charge in [-0.05, 0) is 24.7 Å². The molecule has 0 bridgehead atoms. The molecule has 1 atom stereocenters. The lowest BCUT2D eigenvalue weighted by molar-refractivity contribution is -0.122. The Balaban J connectivity index is 0.00000112. The molecule has 1 saturated carbocycles. The van der Waals surface area contributed by atoms with Gasteiger partial charge in [0, 0.05) is 18.2 Å². The number of amides is 1. The molecule has 0 spiro atoms. The van der Waals surface area contributed by atoms with Crippen LogP contribution >= 0.6 is 24.2 Å². The predicted molar refractivity (Wildman–Crippen MR) is 66.5 cm³/mol.